The van der Waals surface area contributed by atoms with E-state index in [9.17, 15) is 24.0 Å². The van der Waals surface area contributed by atoms with Crippen molar-refractivity contribution in [1.82, 2.24) is 15.5 Å². The molecule has 0 spiro atoms. The number of piperidine rings is 1. The standard InChI is InChI=1S/C25H40N4O5/c1-11(2)18(28-22(32)12(3)4)24(34)29-10-15-17(25(15,6)7)19(29)23(33)27-16(20(30)21(26)31)9-14-8-13(14)5/h11-19H,8-10H2,1-7H3,(H2,26,31)(H,27,33)(H,28,32)/t13-,14+,15-,16?,17-,18?,19-/m0/s1. The Kier molecular flexibility index (Phi) is 7.16. The second-order valence-electron chi connectivity index (χ2n) is 11.8. The van der Waals surface area contributed by atoms with Crippen LogP contribution in [0.5, 0.6) is 0 Å². The molecule has 7 atom stereocenters. The van der Waals surface area contributed by atoms with E-state index in [0.29, 0.717) is 18.9 Å². The molecule has 2 saturated carbocycles. The fourth-order valence-corrected chi connectivity index (χ4v) is 5.52. The molecule has 3 fully saturated rings. The third kappa shape index (κ3) is 4.98. The first kappa shape index (κ1) is 26.2. The number of Topliss-reactive ketones (excluding diaryl/α,β-unsaturated/α-hetero) is 1. The summed E-state index contributed by atoms with van der Waals surface area (Å²) in [5.41, 5.74) is 5.14. The van der Waals surface area contributed by atoms with Crippen LogP contribution in [-0.4, -0.2) is 59.0 Å². The Hall–Kier alpha value is -2.45. The number of nitrogens with one attached hydrogen (secondary N) is 2. The Morgan fingerprint density at radius 3 is 2.12 bits per heavy atom. The number of primary amides is 1. The van der Waals surface area contributed by atoms with Crippen LogP contribution in [0.1, 0.15) is 61.3 Å². The summed E-state index contributed by atoms with van der Waals surface area (Å²) in [6.45, 7) is 13.9. The minimum absolute atomic E-state index is 0.0470. The highest BCUT2D eigenvalue weighted by Gasteiger charge is 2.69. The molecule has 34 heavy (non-hydrogen) atoms. The summed E-state index contributed by atoms with van der Waals surface area (Å²) in [7, 11) is 0. The molecule has 1 aliphatic heterocycles. The zero-order valence-corrected chi connectivity index (χ0v) is 21.4. The summed E-state index contributed by atoms with van der Waals surface area (Å²) >= 11 is 0. The van der Waals surface area contributed by atoms with E-state index in [1.54, 1.807) is 18.7 Å². The largest absolute Gasteiger partial charge is 0.363 e. The summed E-state index contributed by atoms with van der Waals surface area (Å²) in [5.74, 6) is -2.44. The molecule has 1 saturated heterocycles. The molecule has 190 valence electrons. The highest BCUT2D eigenvalue weighted by Crippen LogP contribution is 2.65. The molecule has 4 N–H and O–H groups in total. The number of nitrogens with zero attached hydrogens (tertiary/aromatic N) is 1. The van der Waals surface area contributed by atoms with Crippen molar-refractivity contribution in [3.63, 3.8) is 0 Å². The maximum Gasteiger partial charge on any atom is 0.287 e. The highest BCUT2D eigenvalue weighted by molar-refractivity contribution is 6.37. The molecule has 9 nitrogen and oxygen atoms in total. The molecule has 0 aromatic rings. The summed E-state index contributed by atoms with van der Waals surface area (Å²) in [4.78, 5) is 65.1. The SMILES string of the molecule is CC(C)C(=O)NC(C(=O)N1C[C@H]2[C@@H]([C@H]1C(=O)NC(C[C@H]1C[C@@H]1C)C(=O)C(N)=O)C2(C)C)C(C)C. The second-order valence-corrected chi connectivity index (χ2v) is 11.8. The van der Waals surface area contributed by atoms with Crippen molar-refractivity contribution in [3.8, 4) is 0 Å². The molecule has 0 radical (unpaired) electrons. The molecule has 4 amide bonds. The van der Waals surface area contributed by atoms with E-state index < -0.39 is 35.7 Å². The minimum atomic E-state index is -1.07. The number of hydrogen-bond acceptors (Lipinski definition) is 5. The van der Waals surface area contributed by atoms with Crippen LogP contribution >= 0.6 is 0 Å². The highest BCUT2D eigenvalue weighted by atomic mass is 16.2. The lowest BCUT2D eigenvalue weighted by Crippen LogP contribution is -2.59. The normalized spacial score (nSPS) is 30.4. The number of rotatable bonds is 10. The summed E-state index contributed by atoms with van der Waals surface area (Å²) in [5, 5.41) is 5.61. The van der Waals surface area contributed by atoms with Gasteiger partial charge in [0, 0.05) is 12.5 Å². The molecule has 2 aliphatic carbocycles. The quantitative estimate of drug-likeness (QED) is 0.401. The van der Waals surface area contributed by atoms with Gasteiger partial charge in [-0.15, -0.1) is 0 Å². The Balaban J connectivity index is 1.81. The lowest BCUT2D eigenvalue weighted by atomic mass is 9.96. The second kappa shape index (κ2) is 9.30. The van der Waals surface area contributed by atoms with Gasteiger partial charge >= 0.3 is 0 Å². The summed E-state index contributed by atoms with van der Waals surface area (Å²) < 4.78 is 0. The van der Waals surface area contributed by atoms with Gasteiger partial charge in [-0.25, -0.2) is 0 Å². The van der Waals surface area contributed by atoms with Crippen LogP contribution in [0.4, 0.5) is 0 Å². The number of carbonyl (C=O) groups is 5. The van der Waals surface area contributed by atoms with Gasteiger partial charge in [0.05, 0.1) is 6.04 Å². The first-order valence-electron chi connectivity index (χ1n) is 12.4. The zero-order valence-electron chi connectivity index (χ0n) is 21.4. The summed E-state index contributed by atoms with van der Waals surface area (Å²) in [6, 6.07) is -2.50. The van der Waals surface area contributed by atoms with Gasteiger partial charge in [0.1, 0.15) is 12.1 Å². The van der Waals surface area contributed by atoms with Crippen LogP contribution in [0.25, 0.3) is 0 Å². The third-order valence-electron chi connectivity index (χ3n) is 8.21. The molecular weight excluding hydrogens is 436 g/mol. The lowest BCUT2D eigenvalue weighted by Gasteiger charge is -2.35. The molecular formula is C25H40N4O5. The van der Waals surface area contributed by atoms with Crippen LogP contribution in [0.3, 0.4) is 0 Å². The minimum Gasteiger partial charge on any atom is -0.363 e. The van der Waals surface area contributed by atoms with Crippen molar-refractivity contribution in [2.75, 3.05) is 6.54 Å². The van der Waals surface area contributed by atoms with Crippen molar-refractivity contribution < 1.29 is 24.0 Å². The maximum atomic E-state index is 13.6. The van der Waals surface area contributed by atoms with E-state index in [-0.39, 0.29) is 46.8 Å². The number of carbonyl (C=O) groups excluding carboxylic acids is 5. The lowest BCUT2D eigenvalue weighted by molar-refractivity contribution is -0.145. The molecule has 0 bridgehead atoms. The molecule has 0 aromatic carbocycles. The maximum absolute atomic E-state index is 13.6. The molecule has 3 rings (SSSR count). The molecule has 1 heterocycles. The topological polar surface area (TPSA) is 139 Å². The number of fused-ring (bicyclic) bond motifs is 1. The zero-order chi connectivity index (χ0) is 25.7. The van der Waals surface area contributed by atoms with Crippen LogP contribution in [0.2, 0.25) is 0 Å². The van der Waals surface area contributed by atoms with Gasteiger partial charge in [-0.1, -0.05) is 48.5 Å². The molecule has 3 aliphatic rings. The fourth-order valence-electron chi connectivity index (χ4n) is 5.52. The number of amides is 4. The number of ketones is 1. The third-order valence-corrected chi connectivity index (χ3v) is 8.21. The van der Waals surface area contributed by atoms with Gasteiger partial charge in [-0.2, -0.15) is 0 Å². The van der Waals surface area contributed by atoms with Crippen molar-refractivity contribution in [2.45, 2.75) is 79.4 Å². The van der Waals surface area contributed by atoms with E-state index in [2.05, 4.69) is 31.4 Å². The van der Waals surface area contributed by atoms with Gasteiger partial charge < -0.3 is 21.3 Å². The Bertz CT molecular complexity index is 883. The fraction of sp³-hybridized carbons (Fsp3) is 0.800. The van der Waals surface area contributed by atoms with E-state index in [1.807, 2.05) is 13.8 Å². The van der Waals surface area contributed by atoms with Crippen molar-refractivity contribution in [1.29, 1.82) is 0 Å². The Morgan fingerprint density at radius 2 is 1.65 bits per heavy atom. The van der Waals surface area contributed by atoms with E-state index in [0.717, 1.165) is 6.42 Å². The number of likely N-dealkylation sites (tertiary alicyclic amines) is 1. The van der Waals surface area contributed by atoms with Crippen molar-refractivity contribution in [3.05, 3.63) is 0 Å². The monoisotopic (exact) mass is 476 g/mol. The predicted octanol–water partition coefficient (Wildman–Crippen LogP) is 0.852. The van der Waals surface area contributed by atoms with Crippen molar-refractivity contribution >= 4 is 29.4 Å². The summed E-state index contributed by atoms with van der Waals surface area (Å²) in [6.07, 6.45) is 1.31. The van der Waals surface area contributed by atoms with Crippen LogP contribution in [-0.2, 0) is 24.0 Å². The van der Waals surface area contributed by atoms with Crippen molar-refractivity contribution in [2.24, 2.45) is 46.7 Å². The molecule has 9 heteroatoms. The van der Waals surface area contributed by atoms with E-state index >= 15 is 0 Å². The van der Waals surface area contributed by atoms with E-state index in [1.165, 1.54) is 0 Å². The van der Waals surface area contributed by atoms with Gasteiger partial charge in [0.25, 0.3) is 5.91 Å². The Morgan fingerprint density at radius 1 is 1.06 bits per heavy atom. The predicted molar refractivity (Wildman–Crippen MR) is 126 cm³/mol. The van der Waals surface area contributed by atoms with E-state index in [4.69, 9.17) is 5.73 Å². The number of hydrogen-bond donors (Lipinski definition) is 3. The molecule has 0 aromatic heterocycles. The first-order valence-corrected chi connectivity index (χ1v) is 12.4. The van der Waals surface area contributed by atoms with Crippen LogP contribution in [0, 0.1) is 40.9 Å². The first-order chi connectivity index (χ1) is 15.7. The van der Waals surface area contributed by atoms with Gasteiger partial charge in [0.15, 0.2) is 0 Å². The van der Waals surface area contributed by atoms with Crippen LogP contribution in [0.15, 0.2) is 0 Å². The van der Waals surface area contributed by atoms with Crippen LogP contribution < -0.4 is 16.4 Å². The molecule has 2 unspecified atom stereocenters. The number of nitrogens with two attached hydrogens (primary N) is 1. The van der Waals surface area contributed by atoms with Gasteiger partial charge in [-0.3, -0.25) is 24.0 Å². The smallest absolute Gasteiger partial charge is 0.287 e. The average Bonchev–Trinajstić information content (AvgIpc) is 3.47. The van der Waals surface area contributed by atoms with Gasteiger partial charge in [0.2, 0.25) is 23.5 Å². The van der Waals surface area contributed by atoms with Gasteiger partial charge in [-0.05, 0) is 47.8 Å². The Labute approximate surface area is 201 Å². The average molecular weight is 477 g/mol.